The van der Waals surface area contributed by atoms with Crippen LogP contribution in [0.3, 0.4) is 0 Å². The van der Waals surface area contributed by atoms with Gasteiger partial charge in [0.25, 0.3) is 5.91 Å². The largest absolute Gasteiger partial charge is 0.344 e. The Labute approximate surface area is 144 Å². The average molecular weight is 341 g/mol. The second-order valence-corrected chi connectivity index (χ2v) is 7.30. The Morgan fingerprint density at radius 2 is 2.00 bits per heavy atom. The maximum absolute atomic E-state index is 12.1. The molecule has 0 saturated carbocycles. The standard InChI is InChI=1S/C17H19N5OS/c1-10-4-5-11(2)15-14(10)19-17(24-15)22-8-12(9-22)18-16(23)13-6-7-21(3)20-13/h4-7,12H,8-9H2,1-3H3,(H,18,23). The SMILES string of the molecule is Cc1ccc(C)c2sc(N3CC(NC(=O)c4ccn(C)n4)C3)nc12. The van der Waals surface area contributed by atoms with Gasteiger partial charge in [-0.15, -0.1) is 0 Å². The Balaban J connectivity index is 1.43. The lowest BCUT2D eigenvalue weighted by Crippen LogP contribution is -2.59. The van der Waals surface area contributed by atoms with Crippen molar-refractivity contribution in [3.8, 4) is 0 Å². The number of carbonyl (C=O) groups excluding carboxylic acids is 1. The van der Waals surface area contributed by atoms with E-state index in [-0.39, 0.29) is 11.9 Å². The van der Waals surface area contributed by atoms with Crippen LogP contribution in [0.1, 0.15) is 21.6 Å². The van der Waals surface area contributed by atoms with Crippen LogP contribution in [0.4, 0.5) is 5.13 Å². The first-order valence-corrected chi connectivity index (χ1v) is 8.75. The van der Waals surface area contributed by atoms with Crippen molar-refractivity contribution in [1.82, 2.24) is 20.1 Å². The third kappa shape index (κ3) is 2.54. The van der Waals surface area contributed by atoms with Crippen molar-refractivity contribution >= 4 is 32.6 Å². The zero-order valence-electron chi connectivity index (χ0n) is 13.9. The van der Waals surface area contributed by atoms with Crippen molar-refractivity contribution < 1.29 is 4.79 Å². The number of carbonyl (C=O) groups is 1. The molecule has 1 aliphatic heterocycles. The molecule has 0 aliphatic carbocycles. The summed E-state index contributed by atoms with van der Waals surface area (Å²) in [5.74, 6) is -0.115. The van der Waals surface area contributed by atoms with E-state index < -0.39 is 0 Å². The van der Waals surface area contributed by atoms with Gasteiger partial charge in [-0.2, -0.15) is 5.10 Å². The molecule has 0 radical (unpaired) electrons. The molecule has 0 unspecified atom stereocenters. The van der Waals surface area contributed by atoms with Crippen molar-refractivity contribution in [1.29, 1.82) is 0 Å². The lowest BCUT2D eigenvalue weighted by Gasteiger charge is -2.39. The van der Waals surface area contributed by atoms with E-state index in [0.717, 1.165) is 23.7 Å². The van der Waals surface area contributed by atoms with Crippen LogP contribution in [0.2, 0.25) is 0 Å². The summed E-state index contributed by atoms with van der Waals surface area (Å²) < 4.78 is 2.89. The minimum absolute atomic E-state index is 0.115. The fourth-order valence-corrected chi connectivity index (χ4v) is 4.03. The zero-order chi connectivity index (χ0) is 16.8. The topological polar surface area (TPSA) is 63.1 Å². The summed E-state index contributed by atoms with van der Waals surface area (Å²) in [6, 6.07) is 6.14. The molecule has 0 atom stereocenters. The Bertz CT molecular complexity index is 883. The number of rotatable bonds is 3. The molecule has 124 valence electrons. The molecule has 1 amide bonds. The number of nitrogens with one attached hydrogen (secondary N) is 1. The molecule has 0 spiro atoms. The quantitative estimate of drug-likeness (QED) is 0.794. The first-order valence-electron chi connectivity index (χ1n) is 7.93. The number of anilines is 1. The van der Waals surface area contributed by atoms with E-state index in [4.69, 9.17) is 4.98 Å². The van der Waals surface area contributed by atoms with Crippen molar-refractivity contribution in [2.45, 2.75) is 19.9 Å². The van der Waals surface area contributed by atoms with E-state index in [2.05, 4.69) is 41.3 Å². The highest BCUT2D eigenvalue weighted by molar-refractivity contribution is 7.22. The summed E-state index contributed by atoms with van der Waals surface area (Å²) >= 11 is 1.73. The fraction of sp³-hybridized carbons (Fsp3) is 0.353. The van der Waals surface area contributed by atoms with E-state index >= 15 is 0 Å². The normalized spacial score (nSPS) is 14.9. The first kappa shape index (κ1) is 15.1. The number of amides is 1. The fourth-order valence-electron chi connectivity index (χ4n) is 2.90. The highest BCUT2D eigenvalue weighted by Crippen LogP contribution is 2.34. The number of aromatic nitrogens is 3. The average Bonchev–Trinajstić information content (AvgIpc) is 3.13. The molecule has 0 bridgehead atoms. The maximum Gasteiger partial charge on any atom is 0.272 e. The van der Waals surface area contributed by atoms with Gasteiger partial charge in [0.2, 0.25) is 0 Å². The summed E-state index contributed by atoms with van der Waals surface area (Å²) in [7, 11) is 1.80. The summed E-state index contributed by atoms with van der Waals surface area (Å²) in [4.78, 5) is 19.1. The third-order valence-electron chi connectivity index (χ3n) is 4.36. The van der Waals surface area contributed by atoms with Gasteiger partial charge < -0.3 is 10.2 Å². The minimum atomic E-state index is -0.115. The van der Waals surface area contributed by atoms with Crippen molar-refractivity contribution in [3.63, 3.8) is 0 Å². The molecule has 3 heterocycles. The molecular formula is C17H19N5OS. The lowest BCUT2D eigenvalue weighted by atomic mass is 10.1. The maximum atomic E-state index is 12.1. The summed E-state index contributed by atoms with van der Waals surface area (Å²) in [5, 5.41) is 8.18. The van der Waals surface area contributed by atoms with Gasteiger partial charge in [-0.3, -0.25) is 9.48 Å². The van der Waals surface area contributed by atoms with Crippen molar-refractivity contribution in [3.05, 3.63) is 41.2 Å². The molecular weight excluding hydrogens is 322 g/mol. The van der Waals surface area contributed by atoms with E-state index in [0.29, 0.717) is 5.69 Å². The van der Waals surface area contributed by atoms with E-state index in [9.17, 15) is 4.79 Å². The van der Waals surface area contributed by atoms with Gasteiger partial charge in [-0.1, -0.05) is 23.5 Å². The number of nitrogens with zero attached hydrogens (tertiary/aromatic N) is 4. The van der Waals surface area contributed by atoms with Crippen LogP contribution in [0.5, 0.6) is 0 Å². The van der Waals surface area contributed by atoms with Gasteiger partial charge in [-0.25, -0.2) is 4.98 Å². The highest BCUT2D eigenvalue weighted by Gasteiger charge is 2.31. The van der Waals surface area contributed by atoms with Gasteiger partial charge in [0, 0.05) is 26.3 Å². The van der Waals surface area contributed by atoms with Crippen LogP contribution in [0, 0.1) is 13.8 Å². The molecule has 24 heavy (non-hydrogen) atoms. The van der Waals surface area contributed by atoms with Crippen LogP contribution in [0.25, 0.3) is 10.2 Å². The number of hydrogen-bond donors (Lipinski definition) is 1. The van der Waals surface area contributed by atoms with Gasteiger partial charge in [0.15, 0.2) is 5.13 Å². The molecule has 1 N–H and O–H groups in total. The number of aryl methyl sites for hydroxylation is 3. The smallest absolute Gasteiger partial charge is 0.272 e. The molecule has 1 fully saturated rings. The van der Waals surface area contributed by atoms with Gasteiger partial charge in [0.1, 0.15) is 5.69 Å². The molecule has 4 rings (SSSR count). The third-order valence-corrected chi connectivity index (χ3v) is 5.62. The highest BCUT2D eigenvalue weighted by atomic mass is 32.1. The second-order valence-electron chi connectivity index (χ2n) is 6.32. The van der Waals surface area contributed by atoms with Crippen LogP contribution in [-0.2, 0) is 7.05 Å². The minimum Gasteiger partial charge on any atom is -0.344 e. The Morgan fingerprint density at radius 1 is 1.25 bits per heavy atom. The van der Waals surface area contributed by atoms with E-state index in [1.165, 1.54) is 15.8 Å². The van der Waals surface area contributed by atoms with Gasteiger partial charge in [0.05, 0.1) is 16.3 Å². The Kier molecular flexibility index (Phi) is 3.53. The second kappa shape index (κ2) is 5.59. The van der Waals surface area contributed by atoms with Crippen molar-refractivity contribution in [2.75, 3.05) is 18.0 Å². The number of fused-ring (bicyclic) bond motifs is 1. The summed E-state index contributed by atoms with van der Waals surface area (Å²) in [5.41, 5.74) is 4.02. The van der Waals surface area contributed by atoms with E-state index in [1.54, 1.807) is 35.3 Å². The zero-order valence-corrected chi connectivity index (χ0v) is 14.7. The summed E-state index contributed by atoms with van der Waals surface area (Å²) in [6.45, 7) is 5.79. The van der Waals surface area contributed by atoms with Gasteiger partial charge in [-0.05, 0) is 31.0 Å². The number of hydrogen-bond acceptors (Lipinski definition) is 5. The number of thiazole rings is 1. The lowest BCUT2D eigenvalue weighted by molar-refractivity contribution is 0.0924. The van der Waals surface area contributed by atoms with Crippen LogP contribution >= 0.6 is 11.3 Å². The molecule has 3 aromatic rings. The molecule has 7 heteroatoms. The molecule has 6 nitrogen and oxygen atoms in total. The first-order chi connectivity index (χ1) is 11.5. The van der Waals surface area contributed by atoms with Crippen molar-refractivity contribution in [2.24, 2.45) is 7.05 Å². The summed E-state index contributed by atoms with van der Waals surface area (Å²) in [6.07, 6.45) is 1.77. The monoisotopic (exact) mass is 341 g/mol. The predicted molar refractivity (Wildman–Crippen MR) is 95.8 cm³/mol. The molecule has 1 aromatic carbocycles. The van der Waals surface area contributed by atoms with Gasteiger partial charge >= 0.3 is 0 Å². The predicted octanol–water partition coefficient (Wildman–Crippen LogP) is 2.27. The van der Waals surface area contributed by atoms with E-state index in [1.807, 2.05) is 0 Å². The van der Waals surface area contributed by atoms with Crippen LogP contribution in [0.15, 0.2) is 24.4 Å². The Hall–Kier alpha value is -2.41. The van der Waals surface area contributed by atoms with Crippen LogP contribution < -0.4 is 10.2 Å². The molecule has 2 aromatic heterocycles. The van der Waals surface area contributed by atoms with Crippen LogP contribution in [-0.4, -0.2) is 39.8 Å². The molecule has 1 aliphatic rings. The Morgan fingerprint density at radius 3 is 2.67 bits per heavy atom. The molecule has 1 saturated heterocycles. The number of benzene rings is 1.